The Kier molecular flexibility index (Phi) is 8.63. The Bertz CT molecular complexity index is 1110. The highest BCUT2D eigenvalue weighted by atomic mass is 35.5. The SMILES string of the molecule is COc1ccc(NC(=O)COCCOc2ccccc2)cc1NC(=O)c1ccc(Cl)cc1F. The van der Waals surface area contributed by atoms with E-state index < -0.39 is 11.7 Å². The predicted molar refractivity (Wildman–Crippen MR) is 124 cm³/mol. The number of amides is 2. The summed E-state index contributed by atoms with van der Waals surface area (Å²) < 4.78 is 30.1. The number of benzene rings is 3. The molecule has 0 aliphatic heterocycles. The van der Waals surface area contributed by atoms with Crippen LogP contribution >= 0.6 is 11.6 Å². The fraction of sp³-hybridized carbons (Fsp3) is 0.167. The zero-order valence-electron chi connectivity index (χ0n) is 17.8. The number of anilines is 2. The number of carbonyl (C=O) groups is 2. The van der Waals surface area contributed by atoms with Gasteiger partial charge in [0.25, 0.3) is 5.91 Å². The summed E-state index contributed by atoms with van der Waals surface area (Å²) in [7, 11) is 1.43. The van der Waals surface area contributed by atoms with Crippen LogP contribution in [0.3, 0.4) is 0 Å². The largest absolute Gasteiger partial charge is 0.495 e. The lowest BCUT2D eigenvalue weighted by Gasteiger charge is -2.13. The van der Waals surface area contributed by atoms with Crippen molar-refractivity contribution in [3.63, 3.8) is 0 Å². The molecule has 0 aromatic heterocycles. The standard InChI is InChI=1S/C24H22ClFN2O5/c1-31-22-10-8-17(14-21(22)28-24(30)19-9-7-16(25)13-20(19)26)27-23(29)15-32-11-12-33-18-5-3-2-4-6-18/h2-10,13-14H,11-12,15H2,1H3,(H,27,29)(H,28,30). The van der Waals surface area contributed by atoms with Gasteiger partial charge in [-0.05, 0) is 48.5 Å². The Hall–Kier alpha value is -3.62. The van der Waals surface area contributed by atoms with E-state index in [2.05, 4.69) is 10.6 Å². The highest BCUT2D eigenvalue weighted by Gasteiger charge is 2.15. The van der Waals surface area contributed by atoms with E-state index in [1.165, 1.54) is 25.3 Å². The number of carbonyl (C=O) groups excluding carboxylic acids is 2. The third-order valence-electron chi connectivity index (χ3n) is 4.38. The molecule has 0 heterocycles. The smallest absolute Gasteiger partial charge is 0.258 e. The molecule has 33 heavy (non-hydrogen) atoms. The Morgan fingerprint density at radius 1 is 0.970 bits per heavy atom. The van der Waals surface area contributed by atoms with E-state index in [4.69, 9.17) is 25.8 Å². The lowest BCUT2D eigenvalue weighted by atomic mass is 10.2. The average Bonchev–Trinajstić information content (AvgIpc) is 2.79. The number of para-hydroxylation sites is 1. The zero-order chi connectivity index (χ0) is 23.6. The van der Waals surface area contributed by atoms with Crippen LogP contribution in [0.1, 0.15) is 10.4 Å². The van der Waals surface area contributed by atoms with Crippen molar-refractivity contribution < 1.29 is 28.2 Å². The van der Waals surface area contributed by atoms with Crippen molar-refractivity contribution in [3.8, 4) is 11.5 Å². The number of hydrogen-bond acceptors (Lipinski definition) is 5. The average molecular weight is 473 g/mol. The van der Waals surface area contributed by atoms with Crippen molar-refractivity contribution in [3.05, 3.63) is 83.1 Å². The highest BCUT2D eigenvalue weighted by Crippen LogP contribution is 2.29. The minimum atomic E-state index is -0.753. The molecule has 0 spiro atoms. The zero-order valence-corrected chi connectivity index (χ0v) is 18.5. The molecule has 0 saturated heterocycles. The summed E-state index contributed by atoms with van der Waals surface area (Å²) in [6.07, 6.45) is 0. The van der Waals surface area contributed by atoms with Crippen LogP contribution in [0.2, 0.25) is 5.02 Å². The molecule has 0 saturated carbocycles. The first-order valence-corrected chi connectivity index (χ1v) is 10.3. The molecule has 0 radical (unpaired) electrons. The lowest BCUT2D eigenvalue weighted by Crippen LogP contribution is -2.20. The molecule has 0 aliphatic carbocycles. The molecule has 3 rings (SSSR count). The van der Waals surface area contributed by atoms with Gasteiger partial charge in [0.15, 0.2) is 0 Å². The van der Waals surface area contributed by atoms with Gasteiger partial charge < -0.3 is 24.8 Å². The topological polar surface area (TPSA) is 85.9 Å². The molecule has 3 aromatic carbocycles. The second-order valence-electron chi connectivity index (χ2n) is 6.76. The second kappa shape index (κ2) is 11.8. The fourth-order valence-corrected chi connectivity index (χ4v) is 3.00. The van der Waals surface area contributed by atoms with Gasteiger partial charge in [0.1, 0.15) is 30.5 Å². The van der Waals surface area contributed by atoms with Gasteiger partial charge in [0.05, 0.1) is 25.0 Å². The van der Waals surface area contributed by atoms with E-state index in [1.807, 2.05) is 30.3 Å². The van der Waals surface area contributed by atoms with E-state index >= 15 is 0 Å². The number of halogens is 2. The van der Waals surface area contributed by atoms with Gasteiger partial charge in [0.2, 0.25) is 5.91 Å². The maximum atomic E-state index is 14.1. The molecule has 7 nitrogen and oxygen atoms in total. The van der Waals surface area contributed by atoms with Crippen LogP contribution in [0.4, 0.5) is 15.8 Å². The molecule has 2 N–H and O–H groups in total. The molecule has 2 amide bonds. The Morgan fingerprint density at radius 3 is 2.48 bits per heavy atom. The van der Waals surface area contributed by atoms with Gasteiger partial charge in [-0.25, -0.2) is 4.39 Å². The lowest BCUT2D eigenvalue weighted by molar-refractivity contribution is -0.120. The minimum absolute atomic E-state index is 0.179. The van der Waals surface area contributed by atoms with Crippen LogP contribution in [0.25, 0.3) is 0 Å². The molecule has 0 atom stereocenters. The summed E-state index contributed by atoms with van der Waals surface area (Å²) in [6, 6.07) is 17.7. The summed E-state index contributed by atoms with van der Waals surface area (Å²) >= 11 is 5.73. The van der Waals surface area contributed by atoms with Crippen LogP contribution in [-0.2, 0) is 9.53 Å². The summed E-state index contributed by atoms with van der Waals surface area (Å²) in [6.45, 7) is 0.359. The van der Waals surface area contributed by atoms with Gasteiger partial charge in [-0.15, -0.1) is 0 Å². The third-order valence-corrected chi connectivity index (χ3v) is 4.62. The van der Waals surface area contributed by atoms with Crippen LogP contribution in [-0.4, -0.2) is 38.7 Å². The Balaban J connectivity index is 1.53. The van der Waals surface area contributed by atoms with E-state index in [-0.39, 0.29) is 35.4 Å². The van der Waals surface area contributed by atoms with Crippen LogP contribution in [0.5, 0.6) is 11.5 Å². The van der Waals surface area contributed by atoms with Crippen molar-refractivity contribution in [2.45, 2.75) is 0 Å². The fourth-order valence-electron chi connectivity index (χ4n) is 2.84. The molecule has 172 valence electrons. The second-order valence-corrected chi connectivity index (χ2v) is 7.19. The van der Waals surface area contributed by atoms with E-state index in [1.54, 1.807) is 12.1 Å². The van der Waals surface area contributed by atoms with Gasteiger partial charge in [0, 0.05) is 10.7 Å². The van der Waals surface area contributed by atoms with Crippen LogP contribution in [0.15, 0.2) is 66.7 Å². The molecule has 0 fully saturated rings. The van der Waals surface area contributed by atoms with Crippen molar-refractivity contribution in [2.24, 2.45) is 0 Å². The first kappa shape index (κ1) is 24.0. The van der Waals surface area contributed by atoms with Crippen molar-refractivity contribution >= 4 is 34.8 Å². The first-order valence-electron chi connectivity index (χ1n) is 9.96. The summed E-state index contributed by atoms with van der Waals surface area (Å²) in [5.41, 5.74) is 0.477. The quantitative estimate of drug-likeness (QED) is 0.415. The normalized spacial score (nSPS) is 10.4. The van der Waals surface area contributed by atoms with E-state index in [0.29, 0.717) is 18.0 Å². The van der Waals surface area contributed by atoms with Crippen molar-refractivity contribution in [2.75, 3.05) is 37.6 Å². The molecule has 9 heteroatoms. The van der Waals surface area contributed by atoms with E-state index in [9.17, 15) is 14.0 Å². The van der Waals surface area contributed by atoms with Crippen LogP contribution in [0, 0.1) is 5.82 Å². The molecule has 0 bridgehead atoms. The number of ether oxygens (including phenoxy) is 3. The maximum absolute atomic E-state index is 14.1. The first-order chi connectivity index (χ1) is 16.0. The van der Waals surface area contributed by atoms with Gasteiger partial charge in [-0.2, -0.15) is 0 Å². The highest BCUT2D eigenvalue weighted by molar-refractivity contribution is 6.30. The summed E-state index contributed by atoms with van der Waals surface area (Å²) in [4.78, 5) is 24.7. The van der Waals surface area contributed by atoms with Gasteiger partial charge in [-0.3, -0.25) is 9.59 Å². The monoisotopic (exact) mass is 472 g/mol. The number of hydrogen-bond donors (Lipinski definition) is 2. The minimum Gasteiger partial charge on any atom is -0.495 e. The van der Waals surface area contributed by atoms with E-state index in [0.717, 1.165) is 11.8 Å². The van der Waals surface area contributed by atoms with Crippen molar-refractivity contribution in [1.29, 1.82) is 0 Å². The summed E-state index contributed by atoms with van der Waals surface area (Å²) in [5, 5.41) is 5.43. The van der Waals surface area contributed by atoms with Crippen LogP contribution < -0.4 is 20.1 Å². The van der Waals surface area contributed by atoms with Gasteiger partial charge in [-0.1, -0.05) is 29.8 Å². The van der Waals surface area contributed by atoms with Crippen molar-refractivity contribution in [1.82, 2.24) is 0 Å². The molecule has 3 aromatic rings. The Labute approximate surface area is 195 Å². The molecular formula is C24H22ClFN2O5. The number of rotatable bonds is 10. The molecular weight excluding hydrogens is 451 g/mol. The predicted octanol–water partition coefficient (Wildman–Crippen LogP) is 4.77. The number of nitrogens with one attached hydrogen (secondary N) is 2. The number of methoxy groups -OCH3 is 1. The van der Waals surface area contributed by atoms with Gasteiger partial charge >= 0.3 is 0 Å². The maximum Gasteiger partial charge on any atom is 0.258 e. The third kappa shape index (κ3) is 7.20. The molecule has 0 aliphatic rings. The summed E-state index contributed by atoms with van der Waals surface area (Å²) in [5.74, 6) is -0.771. The Morgan fingerprint density at radius 2 is 1.76 bits per heavy atom. The molecule has 0 unspecified atom stereocenters.